The first-order valence-electron chi connectivity index (χ1n) is 11.2. The van der Waals surface area contributed by atoms with Gasteiger partial charge in [0.1, 0.15) is 22.6 Å². The molecule has 0 saturated carbocycles. The third-order valence-corrected chi connectivity index (χ3v) is 6.15. The van der Waals surface area contributed by atoms with Gasteiger partial charge < -0.3 is 14.6 Å². The van der Waals surface area contributed by atoms with Gasteiger partial charge in [-0.15, -0.1) is 0 Å². The van der Waals surface area contributed by atoms with Gasteiger partial charge in [0.05, 0.1) is 23.6 Å². The molecule has 1 aliphatic heterocycles. The zero-order valence-electron chi connectivity index (χ0n) is 18.7. The number of fused-ring (bicyclic) bond motifs is 2. The van der Waals surface area contributed by atoms with E-state index in [4.69, 9.17) is 15.1 Å². The first-order valence-corrected chi connectivity index (χ1v) is 11.2. The molecule has 0 radical (unpaired) electrons. The highest BCUT2D eigenvalue weighted by molar-refractivity contribution is 5.96. The molecule has 3 aromatic heterocycles. The van der Waals surface area contributed by atoms with Gasteiger partial charge in [-0.3, -0.25) is 19.4 Å². The zero-order valence-corrected chi connectivity index (χ0v) is 18.7. The SMILES string of the molecule is Cc1cccn2c(=O)c3cc(C(=O)NC[C@H]4CCCO4)c(=N)n(Cc4ccc(F)cc4)c3nc12. The Balaban J connectivity index is 1.68. The van der Waals surface area contributed by atoms with Crippen molar-refractivity contribution in [3.63, 3.8) is 0 Å². The summed E-state index contributed by atoms with van der Waals surface area (Å²) >= 11 is 0. The number of benzene rings is 1. The summed E-state index contributed by atoms with van der Waals surface area (Å²) in [4.78, 5) is 31.2. The highest BCUT2D eigenvalue weighted by Gasteiger charge is 2.21. The highest BCUT2D eigenvalue weighted by atomic mass is 19.1. The predicted molar refractivity (Wildman–Crippen MR) is 124 cm³/mol. The van der Waals surface area contributed by atoms with E-state index in [1.165, 1.54) is 27.2 Å². The minimum absolute atomic E-state index is 0.0517. The number of amides is 1. The standard InChI is InChI=1S/C25H24FN5O3/c1-15-4-2-10-30-22(15)29-23-20(25(30)33)12-19(24(32)28-13-18-5-3-11-34-18)21(27)31(23)14-16-6-8-17(26)9-7-16/h2,4,6-10,12,18,27H,3,5,11,13-14H2,1H3,(H,28,32)/t18-/m1/s1. The number of aryl methyl sites for hydroxylation is 1. The molecule has 0 spiro atoms. The third kappa shape index (κ3) is 3.99. The van der Waals surface area contributed by atoms with E-state index in [1.54, 1.807) is 24.4 Å². The number of carbonyl (C=O) groups excluding carboxylic acids is 1. The van der Waals surface area contributed by atoms with Crippen molar-refractivity contribution in [2.45, 2.75) is 32.4 Å². The Hall–Kier alpha value is -3.85. The maximum absolute atomic E-state index is 13.4. The van der Waals surface area contributed by atoms with Crippen LogP contribution in [0, 0.1) is 18.2 Å². The first kappa shape index (κ1) is 22.0. The summed E-state index contributed by atoms with van der Waals surface area (Å²) in [5, 5.41) is 11.9. The third-order valence-electron chi connectivity index (χ3n) is 6.15. The molecular formula is C25H24FN5O3. The Bertz CT molecular complexity index is 1520. The summed E-state index contributed by atoms with van der Waals surface area (Å²) in [6.07, 6.45) is 3.40. The van der Waals surface area contributed by atoms with Crippen molar-refractivity contribution in [2.75, 3.05) is 13.2 Å². The summed E-state index contributed by atoms with van der Waals surface area (Å²) in [7, 11) is 0. The average Bonchev–Trinajstić information content (AvgIpc) is 3.35. The number of ether oxygens (including phenoxy) is 1. The molecule has 4 heterocycles. The van der Waals surface area contributed by atoms with Crippen molar-refractivity contribution in [2.24, 2.45) is 0 Å². The van der Waals surface area contributed by atoms with Gasteiger partial charge in [-0.05, 0) is 55.2 Å². The molecular weight excluding hydrogens is 437 g/mol. The van der Waals surface area contributed by atoms with Crippen LogP contribution in [0.4, 0.5) is 4.39 Å². The number of nitrogens with one attached hydrogen (secondary N) is 2. The molecule has 1 aromatic carbocycles. The Morgan fingerprint density at radius 1 is 1.26 bits per heavy atom. The number of aromatic nitrogens is 3. The van der Waals surface area contributed by atoms with Crippen LogP contribution in [0.3, 0.4) is 0 Å². The fourth-order valence-corrected chi connectivity index (χ4v) is 4.30. The molecule has 5 rings (SSSR count). The molecule has 1 aliphatic rings. The fourth-order valence-electron chi connectivity index (χ4n) is 4.30. The lowest BCUT2D eigenvalue weighted by Crippen LogP contribution is -2.38. The lowest BCUT2D eigenvalue weighted by Gasteiger charge is -2.16. The lowest BCUT2D eigenvalue weighted by molar-refractivity contribution is 0.0856. The summed E-state index contributed by atoms with van der Waals surface area (Å²) in [5.74, 6) is -0.825. The molecule has 34 heavy (non-hydrogen) atoms. The molecule has 4 aromatic rings. The van der Waals surface area contributed by atoms with Crippen molar-refractivity contribution < 1.29 is 13.9 Å². The van der Waals surface area contributed by atoms with Gasteiger partial charge in [0.25, 0.3) is 11.5 Å². The summed E-state index contributed by atoms with van der Waals surface area (Å²) in [5.41, 5.74) is 1.95. The summed E-state index contributed by atoms with van der Waals surface area (Å²) < 4.78 is 22.0. The molecule has 0 aliphatic carbocycles. The Morgan fingerprint density at radius 3 is 2.79 bits per heavy atom. The maximum atomic E-state index is 13.4. The molecule has 1 amide bonds. The molecule has 2 N–H and O–H groups in total. The van der Waals surface area contributed by atoms with Crippen LogP contribution in [0.1, 0.15) is 34.3 Å². The zero-order chi connectivity index (χ0) is 23.8. The topological polar surface area (TPSA) is 101 Å². The fraction of sp³-hybridized carbons (Fsp3) is 0.280. The van der Waals surface area contributed by atoms with Crippen molar-refractivity contribution in [1.82, 2.24) is 19.3 Å². The molecule has 9 heteroatoms. The number of rotatable bonds is 5. The van der Waals surface area contributed by atoms with Crippen LogP contribution < -0.4 is 16.4 Å². The van der Waals surface area contributed by atoms with Gasteiger partial charge in [-0.25, -0.2) is 9.37 Å². The largest absolute Gasteiger partial charge is 0.376 e. The summed E-state index contributed by atoms with van der Waals surface area (Å²) in [6, 6.07) is 10.9. The summed E-state index contributed by atoms with van der Waals surface area (Å²) in [6.45, 7) is 3.01. The van der Waals surface area contributed by atoms with Crippen molar-refractivity contribution in [3.05, 3.63) is 87.0 Å². The average molecular weight is 461 g/mol. The Morgan fingerprint density at radius 2 is 2.06 bits per heavy atom. The number of pyridine rings is 2. The van der Waals surface area contributed by atoms with E-state index in [0.717, 1.165) is 18.4 Å². The minimum Gasteiger partial charge on any atom is -0.376 e. The second kappa shape index (κ2) is 8.83. The van der Waals surface area contributed by atoms with Crippen LogP contribution in [-0.4, -0.2) is 39.1 Å². The van der Waals surface area contributed by atoms with Crippen LogP contribution in [0.5, 0.6) is 0 Å². The van der Waals surface area contributed by atoms with Gasteiger partial charge in [0.2, 0.25) is 0 Å². The molecule has 1 fully saturated rings. The highest BCUT2D eigenvalue weighted by Crippen LogP contribution is 2.15. The van der Waals surface area contributed by atoms with E-state index in [1.807, 2.05) is 13.0 Å². The van der Waals surface area contributed by atoms with Crippen molar-refractivity contribution >= 4 is 22.6 Å². The van der Waals surface area contributed by atoms with Crippen LogP contribution in [0.15, 0.2) is 53.5 Å². The normalized spacial score (nSPS) is 15.8. The molecule has 174 valence electrons. The molecule has 1 atom stereocenters. The van der Waals surface area contributed by atoms with Gasteiger partial charge in [-0.1, -0.05) is 18.2 Å². The maximum Gasteiger partial charge on any atom is 0.267 e. The quantitative estimate of drug-likeness (QED) is 0.446. The predicted octanol–water partition coefficient (Wildman–Crippen LogP) is 2.53. The van der Waals surface area contributed by atoms with Crippen LogP contribution in [-0.2, 0) is 11.3 Å². The van der Waals surface area contributed by atoms with Gasteiger partial charge >= 0.3 is 0 Å². The van der Waals surface area contributed by atoms with Gasteiger partial charge in [0.15, 0.2) is 0 Å². The van der Waals surface area contributed by atoms with E-state index in [2.05, 4.69) is 5.32 Å². The monoisotopic (exact) mass is 461 g/mol. The smallest absolute Gasteiger partial charge is 0.267 e. The van der Waals surface area contributed by atoms with E-state index in [9.17, 15) is 14.0 Å². The molecule has 0 unspecified atom stereocenters. The van der Waals surface area contributed by atoms with Crippen LogP contribution >= 0.6 is 0 Å². The number of hydrogen-bond acceptors (Lipinski definition) is 5. The van der Waals surface area contributed by atoms with Gasteiger partial charge in [0, 0.05) is 19.3 Å². The number of nitrogens with zero attached hydrogens (tertiary/aromatic N) is 3. The number of halogens is 1. The van der Waals surface area contributed by atoms with Crippen molar-refractivity contribution in [1.29, 1.82) is 5.41 Å². The second-order valence-electron chi connectivity index (χ2n) is 8.50. The molecule has 0 bridgehead atoms. The van der Waals surface area contributed by atoms with Crippen LogP contribution in [0.2, 0.25) is 0 Å². The molecule has 1 saturated heterocycles. The lowest BCUT2D eigenvalue weighted by atomic mass is 10.1. The second-order valence-corrected chi connectivity index (χ2v) is 8.50. The van der Waals surface area contributed by atoms with E-state index < -0.39 is 5.91 Å². The minimum atomic E-state index is -0.455. The molecule has 8 nitrogen and oxygen atoms in total. The first-order chi connectivity index (χ1) is 16.4. The van der Waals surface area contributed by atoms with Gasteiger partial charge in [-0.2, -0.15) is 0 Å². The van der Waals surface area contributed by atoms with E-state index >= 15 is 0 Å². The Labute approximate surface area is 194 Å². The van der Waals surface area contributed by atoms with E-state index in [-0.39, 0.29) is 40.5 Å². The van der Waals surface area contributed by atoms with Crippen LogP contribution in [0.25, 0.3) is 16.7 Å². The number of hydrogen-bond donors (Lipinski definition) is 2. The number of carbonyl (C=O) groups is 1. The Kier molecular flexibility index (Phi) is 5.70. The van der Waals surface area contributed by atoms with Crippen molar-refractivity contribution in [3.8, 4) is 0 Å². The van der Waals surface area contributed by atoms with E-state index in [0.29, 0.717) is 30.0 Å².